The first kappa shape index (κ1) is 10.3. The fraction of sp³-hybridized carbons (Fsp3) is 0.167. The number of aryl methyl sites for hydroxylation is 1. The maximum Gasteiger partial charge on any atom is 0.273 e. The lowest BCUT2D eigenvalue weighted by atomic mass is 10.1. The van der Waals surface area contributed by atoms with Crippen molar-refractivity contribution >= 4 is 22.4 Å². The minimum atomic E-state index is 0.661. The molecule has 3 aromatic rings. The molecule has 17 heavy (non-hydrogen) atoms. The summed E-state index contributed by atoms with van der Waals surface area (Å²) >= 11 is 1.48. The minimum Gasteiger partial charge on any atom is -0.473 e. The van der Waals surface area contributed by atoms with Crippen LogP contribution in [0.15, 0.2) is 28.0 Å². The van der Waals surface area contributed by atoms with Crippen molar-refractivity contribution in [3.05, 3.63) is 29.5 Å². The Morgan fingerprint density at radius 3 is 2.94 bits per heavy atom. The van der Waals surface area contributed by atoms with E-state index in [-0.39, 0.29) is 0 Å². The van der Waals surface area contributed by atoms with Gasteiger partial charge in [0, 0.05) is 17.9 Å². The van der Waals surface area contributed by atoms with Gasteiger partial charge in [-0.25, -0.2) is 9.97 Å². The van der Waals surface area contributed by atoms with Gasteiger partial charge in [0.2, 0.25) is 0 Å². The molecular formula is C12H10N2O2S. The van der Waals surface area contributed by atoms with Gasteiger partial charge in [-0.3, -0.25) is 0 Å². The van der Waals surface area contributed by atoms with Crippen LogP contribution in [-0.4, -0.2) is 17.1 Å². The van der Waals surface area contributed by atoms with Crippen LogP contribution in [0, 0.1) is 6.92 Å². The molecule has 86 valence electrons. The number of hydrogen-bond donors (Lipinski definition) is 0. The Hall–Kier alpha value is -1.88. The third kappa shape index (κ3) is 1.78. The molecule has 0 spiro atoms. The molecule has 0 bridgehead atoms. The summed E-state index contributed by atoms with van der Waals surface area (Å²) in [4.78, 5) is 8.61. The molecule has 0 aliphatic rings. The van der Waals surface area contributed by atoms with Gasteiger partial charge in [0.05, 0.1) is 12.8 Å². The smallest absolute Gasteiger partial charge is 0.273 e. The van der Waals surface area contributed by atoms with E-state index in [0.29, 0.717) is 11.1 Å². The van der Waals surface area contributed by atoms with E-state index in [0.717, 1.165) is 22.4 Å². The highest BCUT2D eigenvalue weighted by Gasteiger charge is 2.08. The van der Waals surface area contributed by atoms with Crippen LogP contribution < -0.4 is 4.74 Å². The van der Waals surface area contributed by atoms with Crippen LogP contribution in [0.5, 0.6) is 5.19 Å². The maximum absolute atomic E-state index is 5.50. The number of rotatable bonds is 2. The third-order valence-electron chi connectivity index (χ3n) is 2.45. The van der Waals surface area contributed by atoms with Gasteiger partial charge in [-0.15, -0.1) is 0 Å². The molecule has 4 nitrogen and oxygen atoms in total. The molecule has 0 N–H and O–H groups in total. The molecular weight excluding hydrogens is 236 g/mol. The first-order chi connectivity index (χ1) is 8.26. The lowest BCUT2D eigenvalue weighted by Gasteiger charge is -1.95. The zero-order valence-corrected chi connectivity index (χ0v) is 10.2. The van der Waals surface area contributed by atoms with E-state index in [9.17, 15) is 0 Å². The summed E-state index contributed by atoms with van der Waals surface area (Å²) in [5.41, 5.74) is 3.55. The normalized spacial score (nSPS) is 10.9. The van der Waals surface area contributed by atoms with E-state index >= 15 is 0 Å². The standard InChI is InChI=1S/C12H10N2O2S/c1-7-13-9-4-3-8(5-11(9)16-7)10-6-17-12(14-10)15-2/h3-6H,1-2H3. The summed E-state index contributed by atoms with van der Waals surface area (Å²) in [6.07, 6.45) is 0. The number of benzene rings is 1. The molecule has 0 atom stereocenters. The molecule has 0 fully saturated rings. The van der Waals surface area contributed by atoms with Crippen molar-refractivity contribution in [3.63, 3.8) is 0 Å². The molecule has 0 unspecified atom stereocenters. The Labute approximate surface area is 102 Å². The van der Waals surface area contributed by atoms with E-state index in [2.05, 4.69) is 9.97 Å². The summed E-state index contributed by atoms with van der Waals surface area (Å²) in [5.74, 6) is 0.674. The summed E-state index contributed by atoms with van der Waals surface area (Å²) in [6, 6.07) is 5.87. The second-order valence-corrected chi connectivity index (χ2v) is 4.44. The van der Waals surface area contributed by atoms with E-state index in [4.69, 9.17) is 9.15 Å². The first-order valence-corrected chi connectivity index (χ1v) is 6.01. The minimum absolute atomic E-state index is 0.661. The van der Waals surface area contributed by atoms with Crippen LogP contribution in [0.2, 0.25) is 0 Å². The molecule has 0 aliphatic heterocycles. The average molecular weight is 246 g/mol. The Kier molecular flexibility index (Phi) is 2.33. The van der Waals surface area contributed by atoms with Crippen LogP contribution >= 0.6 is 11.3 Å². The summed E-state index contributed by atoms with van der Waals surface area (Å²) in [6.45, 7) is 1.84. The molecule has 1 aromatic carbocycles. The molecule has 0 aliphatic carbocycles. The molecule has 0 radical (unpaired) electrons. The lowest BCUT2D eigenvalue weighted by Crippen LogP contribution is -1.81. The Bertz CT molecular complexity index is 672. The zero-order chi connectivity index (χ0) is 11.8. The van der Waals surface area contributed by atoms with Crippen molar-refractivity contribution in [1.29, 1.82) is 0 Å². The summed E-state index contributed by atoms with van der Waals surface area (Å²) in [7, 11) is 1.62. The molecule has 3 rings (SSSR count). The Morgan fingerprint density at radius 1 is 1.29 bits per heavy atom. The van der Waals surface area contributed by atoms with Gasteiger partial charge in [0.1, 0.15) is 5.52 Å². The Balaban J connectivity index is 2.10. The average Bonchev–Trinajstić information content (AvgIpc) is 2.92. The highest BCUT2D eigenvalue weighted by molar-refractivity contribution is 7.11. The zero-order valence-electron chi connectivity index (χ0n) is 9.43. The molecule has 5 heteroatoms. The van der Waals surface area contributed by atoms with Crippen LogP contribution in [0.1, 0.15) is 5.89 Å². The molecule has 0 amide bonds. The van der Waals surface area contributed by atoms with Crippen molar-refractivity contribution in [2.24, 2.45) is 0 Å². The maximum atomic E-state index is 5.50. The third-order valence-corrected chi connectivity index (χ3v) is 3.25. The number of methoxy groups -OCH3 is 1. The van der Waals surface area contributed by atoms with Gasteiger partial charge in [-0.2, -0.15) is 0 Å². The largest absolute Gasteiger partial charge is 0.473 e. The van der Waals surface area contributed by atoms with Gasteiger partial charge >= 0.3 is 0 Å². The molecule has 0 saturated carbocycles. The van der Waals surface area contributed by atoms with Crippen molar-refractivity contribution in [2.75, 3.05) is 7.11 Å². The van der Waals surface area contributed by atoms with Crippen molar-refractivity contribution in [3.8, 4) is 16.5 Å². The first-order valence-electron chi connectivity index (χ1n) is 5.13. The predicted molar refractivity (Wildman–Crippen MR) is 66.4 cm³/mol. The highest BCUT2D eigenvalue weighted by atomic mass is 32.1. The molecule has 2 heterocycles. The van der Waals surface area contributed by atoms with Crippen LogP contribution in [0.4, 0.5) is 0 Å². The molecule has 0 saturated heterocycles. The fourth-order valence-electron chi connectivity index (χ4n) is 1.68. The van der Waals surface area contributed by atoms with E-state index in [1.165, 1.54) is 11.3 Å². The van der Waals surface area contributed by atoms with Gasteiger partial charge in [-0.05, 0) is 12.1 Å². The number of thiazole rings is 1. The number of nitrogens with zero attached hydrogens (tertiary/aromatic N) is 2. The molecule has 2 aromatic heterocycles. The number of aromatic nitrogens is 2. The summed E-state index contributed by atoms with van der Waals surface area (Å²) < 4.78 is 10.6. The van der Waals surface area contributed by atoms with Crippen molar-refractivity contribution in [1.82, 2.24) is 9.97 Å². The highest BCUT2D eigenvalue weighted by Crippen LogP contribution is 2.28. The van der Waals surface area contributed by atoms with Gasteiger partial charge < -0.3 is 9.15 Å². The van der Waals surface area contributed by atoms with E-state index in [1.54, 1.807) is 7.11 Å². The lowest BCUT2D eigenvalue weighted by molar-refractivity contribution is 0.412. The van der Waals surface area contributed by atoms with Crippen LogP contribution in [-0.2, 0) is 0 Å². The van der Waals surface area contributed by atoms with Crippen LogP contribution in [0.25, 0.3) is 22.4 Å². The quantitative estimate of drug-likeness (QED) is 0.696. The second-order valence-electron chi connectivity index (χ2n) is 3.62. The van der Waals surface area contributed by atoms with Crippen LogP contribution in [0.3, 0.4) is 0 Å². The van der Waals surface area contributed by atoms with Gasteiger partial charge in [-0.1, -0.05) is 17.4 Å². The Morgan fingerprint density at radius 2 is 2.18 bits per heavy atom. The van der Waals surface area contributed by atoms with Crippen molar-refractivity contribution < 1.29 is 9.15 Å². The van der Waals surface area contributed by atoms with E-state index < -0.39 is 0 Å². The number of fused-ring (bicyclic) bond motifs is 1. The predicted octanol–water partition coefficient (Wildman–Crippen LogP) is 3.27. The van der Waals surface area contributed by atoms with Gasteiger partial charge in [0.25, 0.3) is 5.19 Å². The monoisotopic (exact) mass is 246 g/mol. The topological polar surface area (TPSA) is 48.2 Å². The fourth-order valence-corrected chi connectivity index (χ4v) is 2.33. The number of ether oxygens (including phenoxy) is 1. The number of oxazole rings is 1. The van der Waals surface area contributed by atoms with E-state index in [1.807, 2.05) is 30.5 Å². The van der Waals surface area contributed by atoms with Gasteiger partial charge in [0.15, 0.2) is 11.5 Å². The van der Waals surface area contributed by atoms with Crippen molar-refractivity contribution in [2.45, 2.75) is 6.92 Å². The summed E-state index contributed by atoms with van der Waals surface area (Å²) in [5, 5.41) is 2.62. The SMILES string of the molecule is COc1nc(-c2ccc3nc(C)oc3c2)cs1. The number of hydrogen-bond acceptors (Lipinski definition) is 5. The second kappa shape index (κ2) is 3.85.